The average Bonchev–Trinajstić information content (AvgIpc) is 2.15. The van der Waals surface area contributed by atoms with Crippen molar-refractivity contribution in [2.24, 2.45) is 0 Å². The summed E-state index contributed by atoms with van der Waals surface area (Å²) in [4.78, 5) is 2.53. The normalized spacial score (nSPS) is 10.1. The fourth-order valence-corrected chi connectivity index (χ4v) is 2.80. The van der Waals surface area contributed by atoms with Gasteiger partial charge in [0.15, 0.2) is 4.98 Å². The number of benzene rings is 1. The Kier molecular flexibility index (Phi) is 5.60. The van der Waals surface area contributed by atoms with Gasteiger partial charge in [0.05, 0.1) is 13.2 Å². The monoisotopic (exact) mass is 420 g/mol. The number of diazo groups is 1. The van der Waals surface area contributed by atoms with Gasteiger partial charge in [0.2, 0.25) is 11.1 Å². The summed E-state index contributed by atoms with van der Waals surface area (Å²) in [5.74, 6) is 0.217. The number of halogens is 2. The predicted octanol–water partition coefficient (Wildman–Crippen LogP) is -0.965. The summed E-state index contributed by atoms with van der Waals surface area (Å²) in [7, 11) is -2.97. The Morgan fingerprint density at radius 3 is 2.44 bits per heavy atom. The highest BCUT2D eigenvalue weighted by atomic mass is 127. The molecular formula is C7H6BrIN2O4S. The van der Waals surface area contributed by atoms with E-state index in [2.05, 4.69) is 4.98 Å². The highest BCUT2D eigenvalue weighted by Crippen LogP contribution is 2.33. The van der Waals surface area contributed by atoms with Gasteiger partial charge >= 0.3 is 5.69 Å². The first-order chi connectivity index (χ1) is 6.90. The molecule has 0 fully saturated rings. The molecule has 1 rings (SSSR count). The Hall–Kier alpha value is -0.440. The second kappa shape index (κ2) is 5.76. The highest BCUT2D eigenvalue weighted by Gasteiger charge is 2.24. The first-order valence-corrected chi connectivity index (χ1v) is 6.12. The van der Waals surface area contributed by atoms with Crippen LogP contribution in [0.5, 0.6) is 5.75 Å². The van der Waals surface area contributed by atoms with E-state index in [9.17, 15) is 8.42 Å². The van der Waals surface area contributed by atoms with Crippen LogP contribution < -0.4 is 21.7 Å². The average molecular weight is 421 g/mol. The molecular weight excluding hydrogens is 415 g/mol. The molecule has 1 aromatic carbocycles. The summed E-state index contributed by atoms with van der Waals surface area (Å²) in [6.45, 7) is 0. The van der Waals surface area contributed by atoms with E-state index in [1.165, 1.54) is 13.2 Å². The summed E-state index contributed by atoms with van der Waals surface area (Å²) in [6.07, 6.45) is 0. The van der Waals surface area contributed by atoms with Crippen LogP contribution in [0.3, 0.4) is 0 Å². The summed E-state index contributed by atoms with van der Waals surface area (Å²) < 4.78 is 35.8. The van der Waals surface area contributed by atoms with Gasteiger partial charge < -0.3 is 21.7 Å². The van der Waals surface area contributed by atoms with Gasteiger partial charge in [-0.2, -0.15) is 8.42 Å². The third-order valence-corrected chi connectivity index (χ3v) is 3.77. The number of nitrogens with zero attached hydrogens (tertiary/aromatic N) is 2. The molecule has 0 saturated carbocycles. The maximum absolute atomic E-state index is 10.9. The van der Waals surface area contributed by atoms with E-state index in [-0.39, 0.29) is 36.9 Å². The Balaban J connectivity index is 0.00000225. The van der Waals surface area contributed by atoms with Crippen LogP contribution in [-0.2, 0) is 10.1 Å². The number of hydrogen-bond donors (Lipinski definition) is 1. The number of hydrogen-bond acceptors (Lipinski definition) is 4. The molecule has 0 heterocycles. The summed E-state index contributed by atoms with van der Waals surface area (Å²) in [5.41, 5.74) is -0.0643. The van der Waals surface area contributed by atoms with Crippen molar-refractivity contribution in [3.63, 3.8) is 0 Å². The number of ether oxygens (including phenoxy) is 1. The fourth-order valence-electron chi connectivity index (χ4n) is 0.964. The molecule has 0 saturated heterocycles. The van der Waals surface area contributed by atoms with Crippen molar-refractivity contribution in [1.82, 2.24) is 0 Å². The van der Waals surface area contributed by atoms with Crippen molar-refractivity contribution < 1.29 is 34.7 Å². The zero-order chi connectivity index (χ0) is 11.6. The van der Waals surface area contributed by atoms with Crippen molar-refractivity contribution in [3.05, 3.63) is 20.7 Å². The van der Waals surface area contributed by atoms with E-state index >= 15 is 0 Å². The molecule has 0 unspecified atom stereocenters. The van der Waals surface area contributed by atoms with Gasteiger partial charge in [-0.15, -0.1) is 0 Å². The lowest BCUT2D eigenvalue weighted by Gasteiger charge is -2.01. The zero-order valence-electron chi connectivity index (χ0n) is 7.89. The lowest BCUT2D eigenvalue weighted by molar-refractivity contribution is -0.00000759. The smallest absolute Gasteiger partial charge is 0.427 e. The lowest BCUT2D eigenvalue weighted by Crippen LogP contribution is -3.00. The molecule has 0 aliphatic rings. The standard InChI is InChI=1S/C7H5IN2O4S.BrH/c1-14-6-2-4(8)7(15(11,12)13)3-5(6)10-9;/h2-3H,1H3;1H. The van der Waals surface area contributed by atoms with Crippen LogP contribution in [0.15, 0.2) is 17.0 Å². The zero-order valence-corrected chi connectivity index (χ0v) is 12.4. The van der Waals surface area contributed by atoms with Gasteiger partial charge in [0.25, 0.3) is 10.1 Å². The molecule has 0 atom stereocenters. The van der Waals surface area contributed by atoms with Gasteiger partial charge in [0.1, 0.15) is 4.90 Å². The molecule has 16 heavy (non-hydrogen) atoms. The largest absolute Gasteiger partial charge is 1.00 e. The van der Waals surface area contributed by atoms with Crippen molar-refractivity contribution in [2.45, 2.75) is 4.90 Å². The highest BCUT2D eigenvalue weighted by molar-refractivity contribution is 14.1. The third-order valence-electron chi connectivity index (χ3n) is 1.62. The van der Waals surface area contributed by atoms with Gasteiger partial charge in [-0.05, 0) is 22.6 Å². The summed E-state index contributed by atoms with van der Waals surface area (Å²) >= 11 is 1.73. The minimum absolute atomic E-state index is 0. The van der Waals surface area contributed by atoms with Gasteiger partial charge in [-0.25, -0.2) is 0 Å². The van der Waals surface area contributed by atoms with E-state index in [0.29, 0.717) is 0 Å². The summed E-state index contributed by atoms with van der Waals surface area (Å²) in [5, 5.41) is 8.60. The fraction of sp³-hybridized carbons (Fsp3) is 0.143. The van der Waals surface area contributed by atoms with Crippen LogP contribution >= 0.6 is 22.6 Å². The molecule has 0 aliphatic carbocycles. The van der Waals surface area contributed by atoms with E-state index in [1.54, 1.807) is 22.6 Å². The maximum Gasteiger partial charge on any atom is 0.427 e. The Bertz CT molecular complexity index is 540. The molecule has 9 heteroatoms. The van der Waals surface area contributed by atoms with Crippen LogP contribution in [0, 0.1) is 8.96 Å². The van der Waals surface area contributed by atoms with Crippen LogP contribution in [0.2, 0.25) is 0 Å². The molecule has 0 aromatic heterocycles. The lowest BCUT2D eigenvalue weighted by atomic mass is 10.3. The second-order valence-electron chi connectivity index (χ2n) is 2.53. The minimum Gasteiger partial charge on any atom is -1.00 e. The van der Waals surface area contributed by atoms with E-state index in [4.69, 9.17) is 14.7 Å². The van der Waals surface area contributed by atoms with Gasteiger partial charge in [-0.1, -0.05) is 0 Å². The number of rotatable bonds is 2. The summed E-state index contributed by atoms with van der Waals surface area (Å²) in [6, 6.07) is 2.37. The molecule has 88 valence electrons. The second-order valence-corrected chi connectivity index (χ2v) is 5.08. The van der Waals surface area contributed by atoms with Crippen molar-refractivity contribution in [1.29, 1.82) is 5.39 Å². The first-order valence-electron chi connectivity index (χ1n) is 3.60. The first kappa shape index (κ1) is 15.6. The predicted molar refractivity (Wildman–Crippen MR) is 60.3 cm³/mol. The van der Waals surface area contributed by atoms with Crippen LogP contribution in [0.25, 0.3) is 4.98 Å². The van der Waals surface area contributed by atoms with E-state index in [1.807, 2.05) is 0 Å². The van der Waals surface area contributed by atoms with Crippen molar-refractivity contribution >= 4 is 38.4 Å². The molecule has 1 N–H and O–H groups in total. The molecule has 0 radical (unpaired) electrons. The van der Waals surface area contributed by atoms with Crippen molar-refractivity contribution in [2.75, 3.05) is 7.11 Å². The van der Waals surface area contributed by atoms with E-state index < -0.39 is 10.1 Å². The van der Waals surface area contributed by atoms with Gasteiger partial charge in [0, 0.05) is 9.64 Å². The van der Waals surface area contributed by atoms with Crippen LogP contribution in [0.4, 0.5) is 5.69 Å². The molecule has 0 amide bonds. The molecule has 0 spiro atoms. The van der Waals surface area contributed by atoms with E-state index in [0.717, 1.165) is 6.07 Å². The Morgan fingerprint density at radius 2 is 2.06 bits per heavy atom. The molecule has 1 aromatic rings. The third kappa shape index (κ3) is 3.27. The minimum atomic E-state index is -4.33. The quantitative estimate of drug-likeness (QED) is 0.378. The number of methoxy groups -OCH3 is 1. The van der Waals surface area contributed by atoms with Crippen molar-refractivity contribution in [3.8, 4) is 5.75 Å². The molecule has 6 nitrogen and oxygen atoms in total. The molecule has 0 bridgehead atoms. The van der Waals surface area contributed by atoms with Crippen LogP contribution in [0.1, 0.15) is 0 Å². The topological polar surface area (TPSA) is 91.8 Å². The van der Waals surface area contributed by atoms with Crippen LogP contribution in [-0.4, -0.2) is 20.1 Å². The Labute approximate surface area is 116 Å². The SMILES string of the molecule is COc1cc(I)c(S(=O)(=O)O)cc1[N+]#N.[Br-]. The maximum atomic E-state index is 10.9. The molecule has 0 aliphatic heterocycles. The Morgan fingerprint density at radius 1 is 1.50 bits per heavy atom. The van der Waals surface area contributed by atoms with Gasteiger partial charge in [-0.3, -0.25) is 4.55 Å².